The van der Waals surface area contributed by atoms with Crippen molar-refractivity contribution < 1.29 is 14.5 Å². The number of benzene rings is 1. The molecule has 128 valence electrons. The van der Waals surface area contributed by atoms with Gasteiger partial charge in [0.15, 0.2) is 0 Å². The van der Waals surface area contributed by atoms with Crippen molar-refractivity contribution in [2.24, 2.45) is 11.1 Å². The number of amides is 1. The average molecular weight is 344 g/mol. The van der Waals surface area contributed by atoms with E-state index in [9.17, 15) is 14.9 Å². The fourth-order valence-corrected chi connectivity index (χ4v) is 2.69. The molecule has 1 heterocycles. The number of nitro benzene ring substituents is 1. The summed E-state index contributed by atoms with van der Waals surface area (Å²) in [5.74, 6) is 0.0730. The van der Waals surface area contributed by atoms with Gasteiger partial charge < -0.3 is 15.4 Å². The van der Waals surface area contributed by atoms with Crippen molar-refractivity contribution in [1.29, 1.82) is 0 Å². The zero-order chi connectivity index (χ0) is 16.5. The molecule has 7 nitrogen and oxygen atoms in total. The summed E-state index contributed by atoms with van der Waals surface area (Å²) in [5.41, 5.74) is 5.97. The third kappa shape index (κ3) is 3.92. The van der Waals surface area contributed by atoms with Crippen LogP contribution < -0.4 is 10.5 Å². The number of piperidine rings is 1. The molecule has 1 aliphatic rings. The number of methoxy groups -OCH3 is 1. The van der Waals surface area contributed by atoms with Gasteiger partial charge in [-0.25, -0.2) is 0 Å². The molecule has 0 bridgehead atoms. The zero-order valence-corrected chi connectivity index (χ0v) is 14.3. The number of non-ortho nitro benzene ring substituents is 1. The number of nitrogens with zero attached hydrogens (tertiary/aromatic N) is 2. The number of halogens is 1. The summed E-state index contributed by atoms with van der Waals surface area (Å²) >= 11 is 0. The van der Waals surface area contributed by atoms with E-state index < -0.39 is 4.92 Å². The Morgan fingerprint density at radius 1 is 1.48 bits per heavy atom. The molecule has 0 aromatic heterocycles. The van der Waals surface area contributed by atoms with Gasteiger partial charge in [-0.05, 0) is 17.9 Å². The van der Waals surface area contributed by atoms with E-state index in [1.54, 1.807) is 4.90 Å². The quantitative estimate of drug-likeness (QED) is 0.670. The van der Waals surface area contributed by atoms with Crippen molar-refractivity contribution in [3.8, 4) is 5.75 Å². The number of ether oxygens (including phenoxy) is 1. The van der Waals surface area contributed by atoms with E-state index >= 15 is 0 Å². The van der Waals surface area contributed by atoms with Gasteiger partial charge in [-0.2, -0.15) is 0 Å². The van der Waals surface area contributed by atoms with Crippen molar-refractivity contribution in [2.45, 2.75) is 26.3 Å². The molecule has 0 saturated carbocycles. The summed E-state index contributed by atoms with van der Waals surface area (Å²) in [6, 6.07) is 4.07. The van der Waals surface area contributed by atoms with Crippen LogP contribution in [0.15, 0.2) is 18.2 Å². The first-order valence-electron chi connectivity index (χ1n) is 7.13. The van der Waals surface area contributed by atoms with E-state index in [1.165, 1.54) is 25.3 Å². The van der Waals surface area contributed by atoms with Crippen LogP contribution in [0, 0.1) is 15.5 Å². The van der Waals surface area contributed by atoms with Crippen LogP contribution in [0.3, 0.4) is 0 Å². The minimum absolute atomic E-state index is 0. The molecule has 1 aromatic carbocycles. The summed E-state index contributed by atoms with van der Waals surface area (Å²) in [4.78, 5) is 24.8. The Balaban J connectivity index is 0.00000264. The number of nitrogens with two attached hydrogens (primary N) is 1. The molecule has 2 rings (SSSR count). The smallest absolute Gasteiger partial charge is 0.270 e. The number of likely N-dealkylation sites (tertiary alicyclic amines) is 1. The van der Waals surface area contributed by atoms with Crippen molar-refractivity contribution in [3.63, 3.8) is 0 Å². The average Bonchev–Trinajstić information content (AvgIpc) is 2.48. The van der Waals surface area contributed by atoms with Gasteiger partial charge in [0.1, 0.15) is 5.75 Å². The first-order chi connectivity index (χ1) is 10.3. The normalized spacial score (nSPS) is 19.7. The number of carbonyl (C=O) groups is 1. The fraction of sp³-hybridized carbons (Fsp3) is 0.533. The number of carbonyl (C=O) groups excluding carboxylic acids is 1. The molecule has 8 heteroatoms. The number of hydrogen-bond donors (Lipinski definition) is 1. The van der Waals surface area contributed by atoms with E-state index in [-0.39, 0.29) is 41.0 Å². The predicted octanol–water partition coefficient (Wildman–Crippen LogP) is 2.22. The van der Waals surface area contributed by atoms with Crippen LogP contribution >= 0.6 is 12.4 Å². The summed E-state index contributed by atoms with van der Waals surface area (Å²) in [6.45, 7) is 5.08. The highest BCUT2D eigenvalue weighted by molar-refractivity contribution is 5.97. The predicted molar refractivity (Wildman–Crippen MR) is 89.2 cm³/mol. The topological polar surface area (TPSA) is 98.7 Å². The standard InChI is InChI=1S/C15H21N3O4.ClH/c1-15(2)9-17(7-6-13(15)16)14(19)11-8-10(18(20)21)4-5-12(11)22-3;/h4-5,8,13H,6-7,9,16H2,1-3H3;1H. The van der Waals surface area contributed by atoms with Crippen LogP contribution in [0.2, 0.25) is 0 Å². The molecule has 0 radical (unpaired) electrons. The molecule has 1 saturated heterocycles. The maximum absolute atomic E-state index is 12.7. The van der Waals surface area contributed by atoms with Crippen LogP contribution in [-0.2, 0) is 0 Å². The Morgan fingerprint density at radius 3 is 2.65 bits per heavy atom. The zero-order valence-electron chi connectivity index (χ0n) is 13.4. The summed E-state index contributed by atoms with van der Waals surface area (Å²) in [5, 5.41) is 10.9. The first-order valence-corrected chi connectivity index (χ1v) is 7.13. The lowest BCUT2D eigenvalue weighted by Crippen LogP contribution is -2.54. The second kappa shape index (κ2) is 7.14. The lowest BCUT2D eigenvalue weighted by Gasteiger charge is -2.42. The van der Waals surface area contributed by atoms with E-state index in [2.05, 4.69) is 0 Å². The highest BCUT2D eigenvalue weighted by atomic mass is 35.5. The SMILES string of the molecule is COc1ccc([N+](=O)[O-])cc1C(=O)N1CCC(N)C(C)(C)C1.Cl. The van der Waals surface area contributed by atoms with Crippen LogP contribution in [0.25, 0.3) is 0 Å². The molecule has 1 aromatic rings. The Hall–Kier alpha value is -1.86. The Labute approximate surface area is 141 Å². The lowest BCUT2D eigenvalue weighted by molar-refractivity contribution is -0.384. The molecule has 2 N–H and O–H groups in total. The molecule has 1 amide bonds. The summed E-state index contributed by atoms with van der Waals surface area (Å²) in [7, 11) is 1.44. The Morgan fingerprint density at radius 2 is 2.13 bits per heavy atom. The second-order valence-corrected chi connectivity index (χ2v) is 6.25. The van der Waals surface area contributed by atoms with Gasteiger partial charge in [-0.1, -0.05) is 13.8 Å². The van der Waals surface area contributed by atoms with Gasteiger partial charge in [0, 0.05) is 31.3 Å². The molecule has 0 aliphatic carbocycles. The van der Waals surface area contributed by atoms with Crippen LogP contribution in [0.1, 0.15) is 30.6 Å². The fourth-order valence-electron chi connectivity index (χ4n) is 2.69. The van der Waals surface area contributed by atoms with Crippen LogP contribution in [-0.4, -0.2) is 42.0 Å². The summed E-state index contributed by atoms with van der Waals surface area (Å²) < 4.78 is 5.17. The molecule has 23 heavy (non-hydrogen) atoms. The number of hydrogen-bond acceptors (Lipinski definition) is 5. The Bertz CT molecular complexity index is 606. The van der Waals surface area contributed by atoms with Gasteiger partial charge in [-0.15, -0.1) is 12.4 Å². The van der Waals surface area contributed by atoms with Gasteiger partial charge >= 0.3 is 0 Å². The van der Waals surface area contributed by atoms with Gasteiger partial charge in [-0.3, -0.25) is 14.9 Å². The van der Waals surface area contributed by atoms with E-state index in [4.69, 9.17) is 10.5 Å². The van der Waals surface area contributed by atoms with Crippen molar-refractivity contribution >= 4 is 24.0 Å². The highest BCUT2D eigenvalue weighted by Gasteiger charge is 2.36. The van der Waals surface area contributed by atoms with Crippen LogP contribution in [0.5, 0.6) is 5.75 Å². The van der Waals surface area contributed by atoms with Crippen molar-refractivity contribution in [2.75, 3.05) is 20.2 Å². The van der Waals surface area contributed by atoms with E-state index in [0.717, 1.165) is 0 Å². The van der Waals surface area contributed by atoms with Crippen molar-refractivity contribution in [1.82, 2.24) is 4.90 Å². The molecule has 1 atom stereocenters. The lowest BCUT2D eigenvalue weighted by atomic mass is 9.79. The molecule has 1 aliphatic heterocycles. The maximum atomic E-state index is 12.7. The molecule has 0 spiro atoms. The largest absolute Gasteiger partial charge is 0.496 e. The third-order valence-corrected chi connectivity index (χ3v) is 4.22. The molecule has 1 unspecified atom stereocenters. The second-order valence-electron chi connectivity index (χ2n) is 6.25. The van der Waals surface area contributed by atoms with Crippen molar-refractivity contribution in [3.05, 3.63) is 33.9 Å². The Kier molecular flexibility index (Phi) is 5.96. The highest BCUT2D eigenvalue weighted by Crippen LogP contribution is 2.31. The van der Waals surface area contributed by atoms with E-state index in [0.29, 0.717) is 25.3 Å². The van der Waals surface area contributed by atoms with E-state index in [1.807, 2.05) is 13.8 Å². The number of rotatable bonds is 3. The minimum atomic E-state index is -0.522. The third-order valence-electron chi connectivity index (χ3n) is 4.22. The molecular formula is C15H22ClN3O4. The van der Waals surface area contributed by atoms with Gasteiger partial charge in [0.25, 0.3) is 11.6 Å². The molecule has 1 fully saturated rings. The minimum Gasteiger partial charge on any atom is -0.496 e. The maximum Gasteiger partial charge on any atom is 0.270 e. The van der Waals surface area contributed by atoms with Crippen LogP contribution in [0.4, 0.5) is 5.69 Å². The van der Waals surface area contributed by atoms with Gasteiger partial charge in [0.2, 0.25) is 0 Å². The number of nitro groups is 1. The van der Waals surface area contributed by atoms with Gasteiger partial charge in [0.05, 0.1) is 17.6 Å². The summed E-state index contributed by atoms with van der Waals surface area (Å²) in [6.07, 6.45) is 0.704. The first kappa shape index (κ1) is 19.2. The monoisotopic (exact) mass is 343 g/mol. The molecular weight excluding hydrogens is 322 g/mol.